The van der Waals surface area contributed by atoms with Gasteiger partial charge in [-0.2, -0.15) is 9.65 Å². The Morgan fingerprint density at radius 1 is 1.12 bits per heavy atom. The van der Waals surface area contributed by atoms with Crippen molar-refractivity contribution < 1.29 is 4.39 Å². The van der Waals surface area contributed by atoms with Crippen LogP contribution in [0.2, 0.25) is 0 Å². The van der Waals surface area contributed by atoms with Crippen molar-refractivity contribution in [2.75, 3.05) is 5.32 Å². The first-order valence-electron chi connectivity index (χ1n) is 4.67. The number of nitrogens with one attached hydrogen (secondary N) is 1. The number of benzene rings is 1. The second kappa shape index (κ2) is 4.41. The lowest BCUT2D eigenvalue weighted by atomic mass is 10.2. The van der Waals surface area contributed by atoms with Crippen molar-refractivity contribution in [2.24, 2.45) is 0 Å². The summed E-state index contributed by atoms with van der Waals surface area (Å²) in [5.41, 5.74) is 2.01. The summed E-state index contributed by atoms with van der Waals surface area (Å²) in [6.45, 7) is 0. The fourth-order valence-corrected chi connectivity index (χ4v) is 1.27. The second-order valence-corrected chi connectivity index (χ2v) is 3.18. The Morgan fingerprint density at radius 2 is 1.88 bits per heavy atom. The van der Waals surface area contributed by atoms with Crippen molar-refractivity contribution in [1.29, 1.82) is 5.26 Å². The number of halogens is 1. The molecule has 1 aromatic heterocycles. The van der Waals surface area contributed by atoms with Crippen molar-refractivity contribution in [2.45, 2.75) is 0 Å². The van der Waals surface area contributed by atoms with Gasteiger partial charge in [-0.05, 0) is 30.3 Å². The van der Waals surface area contributed by atoms with Crippen molar-refractivity contribution in [3.05, 3.63) is 54.1 Å². The molecule has 0 spiro atoms. The SMILES string of the molecule is N#Cc1ccc(Nc2ccnc(F)c2)cc1. The predicted molar refractivity (Wildman–Crippen MR) is 58.6 cm³/mol. The molecular formula is C12H8FN3. The van der Waals surface area contributed by atoms with E-state index in [2.05, 4.69) is 10.3 Å². The zero-order chi connectivity index (χ0) is 11.4. The van der Waals surface area contributed by atoms with Crippen LogP contribution in [0.4, 0.5) is 15.8 Å². The maximum atomic E-state index is 12.8. The van der Waals surface area contributed by atoms with Gasteiger partial charge in [0, 0.05) is 23.6 Å². The van der Waals surface area contributed by atoms with E-state index in [9.17, 15) is 4.39 Å². The summed E-state index contributed by atoms with van der Waals surface area (Å²) < 4.78 is 12.8. The third-order valence-corrected chi connectivity index (χ3v) is 2.03. The minimum atomic E-state index is -0.529. The van der Waals surface area contributed by atoms with E-state index >= 15 is 0 Å². The molecular weight excluding hydrogens is 205 g/mol. The van der Waals surface area contributed by atoms with Crippen LogP contribution >= 0.6 is 0 Å². The molecule has 0 aliphatic heterocycles. The standard InChI is InChI=1S/C12H8FN3/c13-12-7-11(5-6-15-12)16-10-3-1-9(8-14)2-4-10/h1-7H,(H,15,16). The quantitative estimate of drug-likeness (QED) is 0.780. The predicted octanol–water partition coefficient (Wildman–Crippen LogP) is 2.84. The Hall–Kier alpha value is -2.41. The van der Waals surface area contributed by atoms with Crippen LogP contribution in [0.25, 0.3) is 0 Å². The molecule has 16 heavy (non-hydrogen) atoms. The maximum Gasteiger partial charge on any atom is 0.214 e. The van der Waals surface area contributed by atoms with Gasteiger partial charge in [0.1, 0.15) is 0 Å². The van der Waals surface area contributed by atoms with Crippen LogP contribution in [0.1, 0.15) is 5.56 Å². The molecule has 0 radical (unpaired) electrons. The van der Waals surface area contributed by atoms with Gasteiger partial charge in [0.05, 0.1) is 11.6 Å². The summed E-state index contributed by atoms with van der Waals surface area (Å²) >= 11 is 0. The minimum Gasteiger partial charge on any atom is -0.355 e. The summed E-state index contributed by atoms with van der Waals surface area (Å²) in [4.78, 5) is 3.46. The third kappa shape index (κ3) is 2.34. The first kappa shape index (κ1) is 10.1. The van der Waals surface area contributed by atoms with Gasteiger partial charge < -0.3 is 5.32 Å². The van der Waals surface area contributed by atoms with Crippen molar-refractivity contribution in [3.8, 4) is 6.07 Å². The molecule has 0 amide bonds. The average molecular weight is 213 g/mol. The number of anilines is 2. The van der Waals surface area contributed by atoms with Gasteiger partial charge >= 0.3 is 0 Å². The Morgan fingerprint density at radius 3 is 2.50 bits per heavy atom. The second-order valence-electron chi connectivity index (χ2n) is 3.18. The van der Waals surface area contributed by atoms with E-state index in [0.717, 1.165) is 5.69 Å². The highest BCUT2D eigenvalue weighted by Crippen LogP contribution is 2.16. The number of pyridine rings is 1. The van der Waals surface area contributed by atoms with Crippen LogP contribution in [0.3, 0.4) is 0 Å². The summed E-state index contributed by atoms with van der Waals surface area (Å²) in [5, 5.41) is 11.6. The molecule has 0 fully saturated rings. The van der Waals surface area contributed by atoms with E-state index in [4.69, 9.17) is 5.26 Å². The summed E-state index contributed by atoms with van der Waals surface area (Å²) in [7, 11) is 0. The molecule has 0 bridgehead atoms. The summed E-state index contributed by atoms with van der Waals surface area (Å²) in [5.74, 6) is -0.529. The van der Waals surface area contributed by atoms with Gasteiger partial charge in [0.2, 0.25) is 5.95 Å². The van der Waals surface area contributed by atoms with Gasteiger partial charge in [-0.15, -0.1) is 0 Å². The fourth-order valence-electron chi connectivity index (χ4n) is 1.27. The van der Waals surface area contributed by atoms with Gasteiger partial charge in [-0.25, -0.2) is 4.98 Å². The van der Waals surface area contributed by atoms with Gasteiger partial charge in [-0.3, -0.25) is 0 Å². The van der Waals surface area contributed by atoms with Crippen molar-refractivity contribution >= 4 is 11.4 Å². The molecule has 0 atom stereocenters. The molecule has 0 unspecified atom stereocenters. The molecule has 4 heteroatoms. The number of hydrogen-bond donors (Lipinski definition) is 1. The topological polar surface area (TPSA) is 48.7 Å². The van der Waals surface area contributed by atoms with Crippen LogP contribution in [0.15, 0.2) is 42.6 Å². The number of aromatic nitrogens is 1. The van der Waals surface area contributed by atoms with E-state index < -0.39 is 5.95 Å². The van der Waals surface area contributed by atoms with E-state index in [-0.39, 0.29) is 0 Å². The Labute approximate surface area is 92.2 Å². The molecule has 0 aliphatic rings. The molecule has 1 N–H and O–H groups in total. The molecule has 1 heterocycles. The van der Waals surface area contributed by atoms with Crippen LogP contribution < -0.4 is 5.32 Å². The van der Waals surface area contributed by atoms with Gasteiger partial charge in [0.15, 0.2) is 0 Å². The minimum absolute atomic E-state index is 0.529. The van der Waals surface area contributed by atoms with Crippen LogP contribution in [-0.4, -0.2) is 4.98 Å². The molecule has 0 aliphatic carbocycles. The normalized spacial score (nSPS) is 9.50. The average Bonchev–Trinajstić information content (AvgIpc) is 2.30. The molecule has 0 saturated carbocycles. The Kier molecular flexibility index (Phi) is 2.79. The Balaban J connectivity index is 2.18. The number of rotatable bonds is 2. The van der Waals surface area contributed by atoms with Crippen molar-refractivity contribution in [3.63, 3.8) is 0 Å². The first-order chi connectivity index (χ1) is 7.78. The molecule has 2 rings (SSSR count). The van der Waals surface area contributed by atoms with Crippen LogP contribution in [0, 0.1) is 17.3 Å². The lowest BCUT2D eigenvalue weighted by Crippen LogP contribution is -1.92. The third-order valence-electron chi connectivity index (χ3n) is 2.03. The monoisotopic (exact) mass is 213 g/mol. The number of hydrogen-bond acceptors (Lipinski definition) is 3. The van der Waals surface area contributed by atoms with E-state index in [1.54, 1.807) is 30.3 Å². The highest BCUT2D eigenvalue weighted by Gasteiger charge is 1.97. The lowest BCUT2D eigenvalue weighted by molar-refractivity contribution is 0.584. The highest BCUT2D eigenvalue weighted by molar-refractivity contribution is 5.59. The molecule has 0 saturated heterocycles. The summed E-state index contributed by atoms with van der Waals surface area (Å²) in [6, 6.07) is 11.9. The first-order valence-corrected chi connectivity index (χ1v) is 4.67. The Bertz CT molecular complexity index is 529. The van der Waals surface area contributed by atoms with Crippen molar-refractivity contribution in [1.82, 2.24) is 4.98 Å². The molecule has 3 nitrogen and oxygen atoms in total. The zero-order valence-electron chi connectivity index (χ0n) is 8.31. The molecule has 78 valence electrons. The molecule has 1 aromatic carbocycles. The van der Waals surface area contributed by atoms with E-state index in [1.165, 1.54) is 12.3 Å². The largest absolute Gasteiger partial charge is 0.355 e. The fraction of sp³-hybridized carbons (Fsp3) is 0. The van der Waals surface area contributed by atoms with E-state index in [0.29, 0.717) is 11.3 Å². The van der Waals surface area contributed by atoms with Gasteiger partial charge in [-0.1, -0.05) is 0 Å². The molecule has 2 aromatic rings. The highest BCUT2D eigenvalue weighted by atomic mass is 19.1. The smallest absolute Gasteiger partial charge is 0.214 e. The zero-order valence-corrected chi connectivity index (χ0v) is 8.31. The van der Waals surface area contributed by atoms with E-state index in [1.807, 2.05) is 6.07 Å². The summed E-state index contributed by atoms with van der Waals surface area (Å²) in [6.07, 6.45) is 1.39. The van der Waals surface area contributed by atoms with Crippen LogP contribution in [0.5, 0.6) is 0 Å². The maximum absolute atomic E-state index is 12.8. The number of nitriles is 1. The number of nitrogens with zero attached hydrogens (tertiary/aromatic N) is 2. The van der Waals surface area contributed by atoms with Gasteiger partial charge in [0.25, 0.3) is 0 Å². The lowest BCUT2D eigenvalue weighted by Gasteiger charge is -2.05. The van der Waals surface area contributed by atoms with Crippen LogP contribution in [-0.2, 0) is 0 Å².